The molecule has 8 heteroatoms. The Morgan fingerprint density at radius 1 is 1.30 bits per heavy atom. The first kappa shape index (κ1) is 17.5. The van der Waals surface area contributed by atoms with Crippen LogP contribution in [-0.4, -0.2) is 56.2 Å². The van der Waals surface area contributed by atoms with Crippen LogP contribution in [0.4, 0.5) is 5.82 Å². The van der Waals surface area contributed by atoms with Gasteiger partial charge in [0.15, 0.2) is 11.6 Å². The van der Waals surface area contributed by atoms with Crippen LogP contribution in [0, 0.1) is 17.2 Å². The summed E-state index contributed by atoms with van der Waals surface area (Å²) in [5.74, 6) is 1.69. The number of rotatable bonds is 3. The van der Waals surface area contributed by atoms with Crippen LogP contribution in [0.5, 0.6) is 0 Å². The third-order valence-corrected chi connectivity index (χ3v) is 5.52. The summed E-state index contributed by atoms with van der Waals surface area (Å²) in [6.07, 6.45) is 8.34. The Kier molecular flexibility index (Phi) is 4.52. The molecule has 2 fully saturated rings. The molecule has 8 nitrogen and oxygen atoms in total. The lowest BCUT2D eigenvalue weighted by Crippen LogP contribution is -2.55. The molecule has 3 heterocycles. The zero-order chi connectivity index (χ0) is 19.0. The first-order valence-corrected chi connectivity index (χ1v) is 9.38. The molecule has 2 aliphatic rings. The van der Waals surface area contributed by atoms with Gasteiger partial charge in [-0.3, -0.25) is 9.48 Å². The highest BCUT2D eigenvalue weighted by molar-refractivity contribution is 5.80. The molecular weight excluding hydrogens is 342 g/mol. The lowest BCUT2D eigenvalue weighted by atomic mass is 9.84. The summed E-state index contributed by atoms with van der Waals surface area (Å²) in [7, 11) is 1.84. The molecule has 1 atom stereocenters. The molecule has 0 bridgehead atoms. The number of piperazine rings is 1. The summed E-state index contributed by atoms with van der Waals surface area (Å²) in [6, 6.07) is 2.29. The summed E-state index contributed by atoms with van der Waals surface area (Å²) in [4.78, 5) is 25.6. The van der Waals surface area contributed by atoms with Crippen LogP contribution in [0.25, 0.3) is 11.4 Å². The third-order valence-electron chi connectivity index (χ3n) is 5.52. The van der Waals surface area contributed by atoms with Crippen molar-refractivity contribution in [2.45, 2.75) is 32.2 Å². The van der Waals surface area contributed by atoms with E-state index < -0.39 is 0 Å². The van der Waals surface area contributed by atoms with Gasteiger partial charge in [-0.05, 0) is 19.8 Å². The zero-order valence-corrected chi connectivity index (χ0v) is 15.7. The van der Waals surface area contributed by atoms with Gasteiger partial charge in [0.1, 0.15) is 11.6 Å². The van der Waals surface area contributed by atoms with Crippen molar-refractivity contribution in [3.8, 4) is 17.5 Å². The molecule has 0 aromatic carbocycles. The molecule has 0 radical (unpaired) electrons. The summed E-state index contributed by atoms with van der Waals surface area (Å²) in [5.41, 5.74) is 1.27. The topological polar surface area (TPSA) is 90.9 Å². The van der Waals surface area contributed by atoms with Crippen molar-refractivity contribution < 1.29 is 4.79 Å². The fourth-order valence-electron chi connectivity index (χ4n) is 3.73. The Hall–Kier alpha value is -2.95. The average molecular weight is 365 g/mol. The molecule has 1 aliphatic carbocycles. The first-order chi connectivity index (χ1) is 13.1. The summed E-state index contributed by atoms with van der Waals surface area (Å²) in [6.45, 7) is 4.06. The van der Waals surface area contributed by atoms with Crippen molar-refractivity contribution in [3.05, 3.63) is 24.2 Å². The molecule has 0 N–H and O–H groups in total. The second-order valence-corrected chi connectivity index (χ2v) is 7.40. The van der Waals surface area contributed by atoms with Crippen LogP contribution in [-0.2, 0) is 11.8 Å². The Labute approximate surface area is 158 Å². The van der Waals surface area contributed by atoms with Gasteiger partial charge in [0, 0.05) is 44.8 Å². The van der Waals surface area contributed by atoms with Gasteiger partial charge in [-0.25, -0.2) is 9.97 Å². The summed E-state index contributed by atoms with van der Waals surface area (Å²) < 4.78 is 1.70. The largest absolute Gasteiger partial charge is 0.349 e. The van der Waals surface area contributed by atoms with Gasteiger partial charge in [0.05, 0.1) is 18.0 Å². The Bertz CT molecular complexity index is 896. The fraction of sp³-hybridized carbons (Fsp3) is 0.526. The van der Waals surface area contributed by atoms with Gasteiger partial charge in [0.2, 0.25) is 5.91 Å². The van der Waals surface area contributed by atoms with E-state index in [0.717, 1.165) is 24.8 Å². The number of anilines is 1. The summed E-state index contributed by atoms with van der Waals surface area (Å²) >= 11 is 0. The number of amides is 1. The second kappa shape index (κ2) is 6.99. The third kappa shape index (κ3) is 3.25. The standard InChI is InChI=1S/C19H23N7O/c1-13-11-25(19(27)14-4-3-5-14)6-7-26(13)18-15(8-20)9-21-17(23-18)16-10-22-24(2)12-16/h9-10,12-14H,3-7,11H2,1-2H3. The van der Waals surface area contributed by atoms with Crippen molar-refractivity contribution in [2.24, 2.45) is 13.0 Å². The summed E-state index contributed by atoms with van der Waals surface area (Å²) in [5, 5.41) is 13.7. The molecule has 1 saturated carbocycles. The predicted molar refractivity (Wildman–Crippen MR) is 99.7 cm³/mol. The maximum absolute atomic E-state index is 12.6. The van der Waals surface area contributed by atoms with Crippen LogP contribution in [0.3, 0.4) is 0 Å². The van der Waals surface area contributed by atoms with Crippen molar-refractivity contribution >= 4 is 11.7 Å². The number of nitrogens with zero attached hydrogens (tertiary/aromatic N) is 7. The smallest absolute Gasteiger partial charge is 0.225 e. The Morgan fingerprint density at radius 3 is 2.70 bits per heavy atom. The molecule has 2 aromatic rings. The molecule has 27 heavy (non-hydrogen) atoms. The number of hydrogen-bond acceptors (Lipinski definition) is 6. The van der Waals surface area contributed by atoms with Gasteiger partial charge < -0.3 is 9.80 Å². The van der Waals surface area contributed by atoms with Crippen molar-refractivity contribution in [1.82, 2.24) is 24.6 Å². The fourth-order valence-corrected chi connectivity index (χ4v) is 3.73. The Balaban J connectivity index is 1.57. The average Bonchev–Trinajstić information content (AvgIpc) is 3.06. The molecule has 2 aromatic heterocycles. The van der Waals surface area contributed by atoms with E-state index in [1.54, 1.807) is 17.1 Å². The normalized spacial score (nSPS) is 20.3. The zero-order valence-electron chi connectivity index (χ0n) is 15.7. The minimum Gasteiger partial charge on any atom is -0.349 e. The Morgan fingerprint density at radius 2 is 2.11 bits per heavy atom. The van der Waals surface area contributed by atoms with Crippen molar-refractivity contribution in [3.63, 3.8) is 0 Å². The number of nitriles is 1. The monoisotopic (exact) mass is 365 g/mol. The van der Waals surface area contributed by atoms with Gasteiger partial charge in [0.25, 0.3) is 0 Å². The van der Waals surface area contributed by atoms with Gasteiger partial charge >= 0.3 is 0 Å². The second-order valence-electron chi connectivity index (χ2n) is 7.40. The minimum absolute atomic E-state index is 0.0894. The van der Waals surface area contributed by atoms with Crippen LogP contribution in [0.1, 0.15) is 31.7 Å². The van der Waals surface area contributed by atoms with E-state index in [4.69, 9.17) is 0 Å². The SMILES string of the molecule is CC1CN(C(=O)C2CCC2)CCN1c1nc(-c2cnn(C)c2)ncc1C#N. The number of aromatic nitrogens is 4. The maximum Gasteiger partial charge on any atom is 0.225 e. The van der Waals surface area contributed by atoms with E-state index in [1.165, 1.54) is 0 Å². The van der Waals surface area contributed by atoms with E-state index in [0.29, 0.717) is 36.8 Å². The number of carbonyl (C=O) groups excluding carboxylic acids is 1. The van der Waals surface area contributed by atoms with E-state index in [9.17, 15) is 10.1 Å². The predicted octanol–water partition coefficient (Wildman–Crippen LogP) is 1.59. The number of aryl methyl sites for hydroxylation is 1. The van der Waals surface area contributed by atoms with E-state index >= 15 is 0 Å². The van der Waals surface area contributed by atoms with Crippen LogP contribution >= 0.6 is 0 Å². The molecule has 140 valence electrons. The molecule has 4 rings (SSSR count). The van der Waals surface area contributed by atoms with Gasteiger partial charge in [-0.1, -0.05) is 6.42 Å². The van der Waals surface area contributed by atoms with Crippen molar-refractivity contribution in [1.29, 1.82) is 5.26 Å². The van der Waals surface area contributed by atoms with Crippen LogP contribution in [0.15, 0.2) is 18.6 Å². The number of hydrogen-bond donors (Lipinski definition) is 0. The highest BCUT2D eigenvalue weighted by atomic mass is 16.2. The molecule has 0 spiro atoms. The lowest BCUT2D eigenvalue weighted by Gasteiger charge is -2.42. The van der Waals surface area contributed by atoms with Gasteiger partial charge in [-0.2, -0.15) is 10.4 Å². The van der Waals surface area contributed by atoms with E-state index in [1.807, 2.05) is 18.1 Å². The molecule has 1 aliphatic heterocycles. The van der Waals surface area contributed by atoms with Crippen LogP contribution < -0.4 is 4.90 Å². The molecular formula is C19H23N7O. The maximum atomic E-state index is 12.6. The lowest BCUT2D eigenvalue weighted by molar-refractivity contribution is -0.138. The van der Waals surface area contributed by atoms with Crippen molar-refractivity contribution in [2.75, 3.05) is 24.5 Å². The van der Waals surface area contributed by atoms with E-state index in [-0.39, 0.29) is 17.9 Å². The minimum atomic E-state index is 0.0894. The molecule has 1 amide bonds. The highest BCUT2D eigenvalue weighted by Gasteiger charge is 2.34. The molecule has 1 saturated heterocycles. The van der Waals surface area contributed by atoms with Gasteiger partial charge in [-0.15, -0.1) is 0 Å². The number of carbonyl (C=O) groups is 1. The highest BCUT2D eigenvalue weighted by Crippen LogP contribution is 2.30. The van der Waals surface area contributed by atoms with E-state index in [2.05, 4.69) is 33.0 Å². The van der Waals surface area contributed by atoms with Crippen LogP contribution in [0.2, 0.25) is 0 Å². The molecule has 1 unspecified atom stereocenters. The quantitative estimate of drug-likeness (QED) is 0.820. The first-order valence-electron chi connectivity index (χ1n) is 9.38.